The molecule has 0 saturated carbocycles. The van der Waals surface area contributed by atoms with E-state index in [4.69, 9.17) is 0 Å². The molecule has 0 spiro atoms. The third kappa shape index (κ3) is 3.13. The Kier molecular flexibility index (Phi) is 4.57. The van der Waals surface area contributed by atoms with E-state index in [1.807, 2.05) is 5.38 Å². The molecule has 3 rings (SSSR count). The molecule has 0 aliphatic carbocycles. The third-order valence-corrected chi connectivity index (χ3v) is 4.56. The lowest BCUT2D eigenvalue weighted by Crippen LogP contribution is -2.40. The first-order valence-corrected chi connectivity index (χ1v) is 8.32. The molecule has 1 aliphatic heterocycles. The van der Waals surface area contributed by atoms with E-state index in [9.17, 15) is 14.4 Å². The summed E-state index contributed by atoms with van der Waals surface area (Å²) in [6.45, 7) is 0.125. The molecule has 0 saturated heterocycles. The molecule has 0 unspecified atom stereocenters. The van der Waals surface area contributed by atoms with Crippen molar-refractivity contribution < 1.29 is 14.4 Å². The van der Waals surface area contributed by atoms with Crippen molar-refractivity contribution in [3.05, 3.63) is 46.5 Å². The van der Waals surface area contributed by atoms with Crippen LogP contribution < -0.4 is 10.6 Å². The van der Waals surface area contributed by atoms with E-state index in [0.717, 1.165) is 15.7 Å². The molecule has 0 fully saturated rings. The molecule has 1 aromatic heterocycles. The molecule has 24 heavy (non-hydrogen) atoms. The first kappa shape index (κ1) is 16.1. The van der Waals surface area contributed by atoms with Gasteiger partial charge < -0.3 is 10.6 Å². The summed E-state index contributed by atoms with van der Waals surface area (Å²) in [5, 5.41) is 8.40. The number of nitrogens with zero attached hydrogens (tertiary/aromatic N) is 2. The van der Waals surface area contributed by atoms with Crippen molar-refractivity contribution in [2.24, 2.45) is 0 Å². The molecule has 2 aromatic rings. The average molecular weight is 344 g/mol. The number of nitrogens with one attached hydrogen (secondary N) is 2. The van der Waals surface area contributed by atoms with Crippen LogP contribution in [0.5, 0.6) is 0 Å². The van der Waals surface area contributed by atoms with Gasteiger partial charge in [0.2, 0.25) is 5.91 Å². The minimum atomic E-state index is -0.427. The van der Waals surface area contributed by atoms with Crippen molar-refractivity contribution in [2.45, 2.75) is 6.42 Å². The van der Waals surface area contributed by atoms with Crippen molar-refractivity contribution >= 4 is 34.2 Å². The summed E-state index contributed by atoms with van der Waals surface area (Å²) in [6, 6.07) is 6.58. The predicted octanol–water partition coefficient (Wildman–Crippen LogP) is 1.14. The summed E-state index contributed by atoms with van der Waals surface area (Å²) >= 11 is 1.50. The quantitative estimate of drug-likeness (QED) is 0.767. The van der Waals surface area contributed by atoms with Gasteiger partial charge in [-0.2, -0.15) is 0 Å². The van der Waals surface area contributed by atoms with Crippen molar-refractivity contribution in [2.75, 3.05) is 25.5 Å². The Bertz CT molecular complexity index is 767. The normalized spacial score (nSPS) is 13.1. The summed E-state index contributed by atoms with van der Waals surface area (Å²) in [5.41, 5.74) is 1.57. The van der Waals surface area contributed by atoms with Crippen LogP contribution in [0, 0.1) is 0 Å². The van der Waals surface area contributed by atoms with Crippen molar-refractivity contribution in [3.8, 4) is 0 Å². The van der Waals surface area contributed by atoms with E-state index in [-0.39, 0.29) is 12.5 Å². The second kappa shape index (κ2) is 6.79. The lowest BCUT2D eigenvalue weighted by Gasteiger charge is -2.13. The number of carbonyl (C=O) groups excluding carboxylic acids is 3. The molecule has 3 amide bonds. The Labute approximate surface area is 142 Å². The fraction of sp³-hybridized carbons (Fsp3) is 0.250. The van der Waals surface area contributed by atoms with E-state index in [2.05, 4.69) is 15.6 Å². The number of hydrogen-bond acceptors (Lipinski definition) is 6. The molecule has 124 valence electrons. The van der Waals surface area contributed by atoms with Gasteiger partial charge in [0.25, 0.3) is 11.8 Å². The fourth-order valence-electron chi connectivity index (χ4n) is 2.45. The molecule has 0 radical (unpaired) electrons. The van der Waals surface area contributed by atoms with Crippen LogP contribution in [0.3, 0.4) is 0 Å². The fourth-order valence-corrected chi connectivity index (χ4v) is 3.15. The van der Waals surface area contributed by atoms with Gasteiger partial charge >= 0.3 is 0 Å². The van der Waals surface area contributed by atoms with Gasteiger partial charge in [0.15, 0.2) is 5.13 Å². The average Bonchev–Trinajstić information content (AvgIpc) is 3.14. The van der Waals surface area contributed by atoms with Crippen LogP contribution in [0.25, 0.3) is 0 Å². The van der Waals surface area contributed by atoms with Gasteiger partial charge in [-0.1, -0.05) is 12.1 Å². The molecule has 8 heteroatoms. The Morgan fingerprint density at radius 3 is 2.46 bits per heavy atom. The lowest BCUT2D eigenvalue weighted by molar-refractivity contribution is -0.121. The SMILES string of the molecule is CNc1nc(CCNC(=O)CN2C(=O)c3ccccc3C2=O)cs1. The molecule has 0 bridgehead atoms. The monoisotopic (exact) mass is 344 g/mol. The second-order valence-corrected chi connectivity index (χ2v) is 6.09. The molecule has 2 heterocycles. The molecular formula is C16H16N4O3S. The first-order chi connectivity index (χ1) is 11.6. The Hall–Kier alpha value is -2.74. The molecule has 7 nitrogen and oxygen atoms in total. The topological polar surface area (TPSA) is 91.4 Å². The van der Waals surface area contributed by atoms with E-state index in [1.165, 1.54) is 11.3 Å². The smallest absolute Gasteiger partial charge is 0.262 e. The Morgan fingerprint density at radius 1 is 1.21 bits per heavy atom. The van der Waals surface area contributed by atoms with E-state index in [1.54, 1.807) is 31.3 Å². The molecule has 2 N–H and O–H groups in total. The minimum absolute atomic E-state index is 0.273. The van der Waals surface area contributed by atoms with E-state index < -0.39 is 11.8 Å². The van der Waals surface area contributed by atoms with Crippen LogP contribution in [-0.4, -0.2) is 47.7 Å². The van der Waals surface area contributed by atoms with Crippen LogP contribution >= 0.6 is 11.3 Å². The first-order valence-electron chi connectivity index (χ1n) is 7.44. The van der Waals surface area contributed by atoms with E-state index >= 15 is 0 Å². The number of rotatable bonds is 6. The highest BCUT2D eigenvalue weighted by Gasteiger charge is 2.36. The maximum absolute atomic E-state index is 12.2. The van der Waals surface area contributed by atoms with Gasteiger partial charge in [-0.15, -0.1) is 11.3 Å². The van der Waals surface area contributed by atoms with Crippen LogP contribution in [-0.2, 0) is 11.2 Å². The summed E-state index contributed by atoms with van der Waals surface area (Å²) in [6.07, 6.45) is 0.589. The number of hydrogen-bond donors (Lipinski definition) is 2. The van der Waals surface area contributed by atoms with Crippen molar-refractivity contribution in [3.63, 3.8) is 0 Å². The standard InChI is InChI=1S/C16H16N4O3S/c1-17-16-19-10(9-24-16)6-7-18-13(21)8-20-14(22)11-4-2-3-5-12(11)15(20)23/h2-5,9H,6-8H2,1H3,(H,17,19)(H,18,21). The third-order valence-electron chi connectivity index (χ3n) is 3.65. The number of aromatic nitrogens is 1. The summed E-state index contributed by atoms with van der Waals surface area (Å²) < 4.78 is 0. The summed E-state index contributed by atoms with van der Waals surface area (Å²) in [4.78, 5) is 41.7. The zero-order valence-electron chi connectivity index (χ0n) is 13.0. The number of thiazole rings is 1. The van der Waals surface area contributed by atoms with Crippen molar-refractivity contribution in [1.29, 1.82) is 0 Å². The van der Waals surface area contributed by atoms with Gasteiger partial charge in [-0.25, -0.2) is 4.98 Å². The molecule has 1 aliphatic rings. The number of imide groups is 1. The zero-order valence-corrected chi connectivity index (χ0v) is 13.9. The Morgan fingerprint density at radius 2 is 1.88 bits per heavy atom. The predicted molar refractivity (Wildman–Crippen MR) is 90.2 cm³/mol. The number of anilines is 1. The van der Waals surface area contributed by atoms with Gasteiger partial charge in [-0.05, 0) is 12.1 Å². The van der Waals surface area contributed by atoms with Crippen LogP contribution in [0.1, 0.15) is 26.4 Å². The summed E-state index contributed by atoms with van der Waals surface area (Å²) in [5.74, 6) is -1.22. The molecule has 0 atom stereocenters. The largest absolute Gasteiger partial charge is 0.365 e. The number of benzene rings is 1. The molecule has 1 aromatic carbocycles. The van der Waals surface area contributed by atoms with Gasteiger partial charge in [0.1, 0.15) is 6.54 Å². The van der Waals surface area contributed by atoms with Gasteiger partial charge in [-0.3, -0.25) is 19.3 Å². The van der Waals surface area contributed by atoms with E-state index in [0.29, 0.717) is 24.1 Å². The number of fused-ring (bicyclic) bond motifs is 1. The summed E-state index contributed by atoms with van der Waals surface area (Å²) in [7, 11) is 1.80. The Balaban J connectivity index is 1.52. The second-order valence-electron chi connectivity index (χ2n) is 5.24. The minimum Gasteiger partial charge on any atom is -0.365 e. The lowest BCUT2D eigenvalue weighted by atomic mass is 10.1. The zero-order chi connectivity index (χ0) is 17.1. The highest BCUT2D eigenvalue weighted by molar-refractivity contribution is 7.13. The van der Waals surface area contributed by atoms with Crippen LogP contribution in [0.2, 0.25) is 0 Å². The van der Waals surface area contributed by atoms with Crippen molar-refractivity contribution in [1.82, 2.24) is 15.2 Å². The highest BCUT2D eigenvalue weighted by atomic mass is 32.1. The number of carbonyl (C=O) groups is 3. The van der Waals surface area contributed by atoms with Crippen LogP contribution in [0.15, 0.2) is 29.6 Å². The maximum Gasteiger partial charge on any atom is 0.262 e. The number of amides is 3. The van der Waals surface area contributed by atoms with Gasteiger partial charge in [0.05, 0.1) is 16.8 Å². The van der Waals surface area contributed by atoms with Gasteiger partial charge in [0, 0.05) is 25.4 Å². The molecular weight excluding hydrogens is 328 g/mol. The maximum atomic E-state index is 12.2. The van der Waals surface area contributed by atoms with Crippen LogP contribution in [0.4, 0.5) is 5.13 Å². The highest BCUT2D eigenvalue weighted by Crippen LogP contribution is 2.21.